The number of hydrogen-bond donors (Lipinski definition) is 3. The lowest BCUT2D eigenvalue weighted by atomic mass is 9.95. The molecule has 0 aliphatic carbocycles. The van der Waals surface area contributed by atoms with Gasteiger partial charge >= 0.3 is 23.9 Å². The highest BCUT2D eigenvalue weighted by molar-refractivity contribution is 5.81. The Bertz CT molecular complexity index is 723. The Hall–Kier alpha value is -3.22. The second-order valence-electron chi connectivity index (χ2n) is 6.73. The van der Waals surface area contributed by atoms with Crippen LogP contribution >= 0.6 is 0 Å². The van der Waals surface area contributed by atoms with Crippen LogP contribution in [0.2, 0.25) is 0 Å². The average Bonchev–Trinajstić information content (AvgIpc) is 2.62. The SMILES string of the molecule is CC(=O)N[C@@H]1[C@@H](OC(C)=O)[C@H](OC(C)=O)[C@@H](COC(C)=O)O[C@H]1NC(=O)CCC(=O)O. The summed E-state index contributed by atoms with van der Waals surface area (Å²) in [6, 6.07) is -1.20. The molecule has 31 heavy (non-hydrogen) atoms. The lowest BCUT2D eigenvalue weighted by Crippen LogP contribution is -2.69. The Labute approximate surface area is 177 Å². The van der Waals surface area contributed by atoms with Crippen LogP contribution in [0.5, 0.6) is 0 Å². The minimum absolute atomic E-state index is 0.387. The van der Waals surface area contributed by atoms with Crippen molar-refractivity contribution < 1.29 is 52.8 Å². The predicted molar refractivity (Wildman–Crippen MR) is 99.0 cm³/mol. The van der Waals surface area contributed by atoms with Crippen LogP contribution in [0.25, 0.3) is 0 Å². The molecule has 0 radical (unpaired) electrons. The van der Waals surface area contributed by atoms with Crippen LogP contribution < -0.4 is 10.6 Å². The standard InChI is InChI=1S/C18H26N2O11/c1-8(21)19-15-17(30-11(4)24)16(29-10(3)23)12(7-28-9(2)22)31-18(15)20-13(25)5-6-14(26)27/h12,15-18H,5-7H2,1-4H3,(H,19,21)(H,20,25)(H,26,27)/t12-,15-,16-,17-,18-/m1/s1. The van der Waals surface area contributed by atoms with Crippen molar-refractivity contribution in [2.45, 2.75) is 71.1 Å². The van der Waals surface area contributed by atoms with Crippen molar-refractivity contribution in [3.63, 3.8) is 0 Å². The third kappa shape index (κ3) is 8.99. The summed E-state index contributed by atoms with van der Waals surface area (Å²) >= 11 is 0. The lowest BCUT2D eigenvalue weighted by Gasteiger charge is -2.45. The van der Waals surface area contributed by atoms with Gasteiger partial charge in [-0.05, 0) is 0 Å². The Balaban J connectivity index is 3.27. The van der Waals surface area contributed by atoms with E-state index in [-0.39, 0.29) is 6.42 Å². The highest BCUT2D eigenvalue weighted by atomic mass is 16.6. The molecule has 0 unspecified atom stereocenters. The van der Waals surface area contributed by atoms with Gasteiger partial charge in [0.2, 0.25) is 11.8 Å². The van der Waals surface area contributed by atoms with Crippen molar-refractivity contribution in [2.24, 2.45) is 0 Å². The zero-order chi connectivity index (χ0) is 23.7. The molecule has 1 fully saturated rings. The first kappa shape index (κ1) is 25.8. The summed E-state index contributed by atoms with van der Waals surface area (Å²) in [4.78, 5) is 69.2. The number of aliphatic carboxylic acids is 1. The molecule has 3 N–H and O–H groups in total. The smallest absolute Gasteiger partial charge is 0.303 e. The molecule has 0 spiro atoms. The molecule has 0 bridgehead atoms. The van der Waals surface area contributed by atoms with Gasteiger partial charge in [-0.3, -0.25) is 28.8 Å². The average molecular weight is 446 g/mol. The van der Waals surface area contributed by atoms with Gasteiger partial charge < -0.3 is 34.7 Å². The van der Waals surface area contributed by atoms with Crippen molar-refractivity contribution >= 4 is 35.7 Å². The largest absolute Gasteiger partial charge is 0.481 e. The van der Waals surface area contributed by atoms with E-state index in [4.69, 9.17) is 24.1 Å². The van der Waals surface area contributed by atoms with E-state index in [1.165, 1.54) is 6.92 Å². The van der Waals surface area contributed by atoms with E-state index in [2.05, 4.69) is 10.6 Å². The number of carbonyl (C=O) groups is 6. The molecular formula is C18H26N2O11. The molecule has 2 amide bonds. The number of nitrogens with one attached hydrogen (secondary N) is 2. The van der Waals surface area contributed by atoms with Crippen LogP contribution in [0.1, 0.15) is 40.5 Å². The van der Waals surface area contributed by atoms with Gasteiger partial charge in [0.25, 0.3) is 0 Å². The number of carboxylic acid groups (broad SMARTS) is 1. The van der Waals surface area contributed by atoms with E-state index in [1.54, 1.807) is 0 Å². The number of hydrogen-bond acceptors (Lipinski definition) is 10. The first-order valence-electron chi connectivity index (χ1n) is 9.32. The summed E-state index contributed by atoms with van der Waals surface area (Å²) in [5, 5.41) is 13.6. The van der Waals surface area contributed by atoms with Gasteiger partial charge in [0, 0.05) is 34.1 Å². The van der Waals surface area contributed by atoms with Crippen LogP contribution in [0.3, 0.4) is 0 Å². The second-order valence-corrected chi connectivity index (χ2v) is 6.73. The van der Waals surface area contributed by atoms with Gasteiger partial charge in [-0.2, -0.15) is 0 Å². The highest BCUT2D eigenvalue weighted by Crippen LogP contribution is 2.26. The molecule has 0 saturated carbocycles. The van der Waals surface area contributed by atoms with E-state index in [1.807, 2.05) is 0 Å². The summed E-state index contributed by atoms with van der Waals surface area (Å²) in [6.07, 6.45) is -5.94. The van der Waals surface area contributed by atoms with Crippen molar-refractivity contribution in [2.75, 3.05) is 6.61 Å². The number of rotatable bonds is 9. The summed E-state index contributed by atoms with van der Waals surface area (Å²) in [5.41, 5.74) is 0. The Morgan fingerprint density at radius 2 is 1.42 bits per heavy atom. The van der Waals surface area contributed by atoms with Crippen LogP contribution in [0.4, 0.5) is 0 Å². The normalized spacial score (nSPS) is 25.0. The summed E-state index contributed by atoms with van der Waals surface area (Å²) < 4.78 is 21.1. The fourth-order valence-corrected chi connectivity index (χ4v) is 2.91. The molecule has 0 aromatic carbocycles. The molecule has 0 aromatic heterocycles. The summed E-state index contributed by atoms with van der Waals surface area (Å²) in [7, 11) is 0. The van der Waals surface area contributed by atoms with Crippen molar-refractivity contribution in [3.05, 3.63) is 0 Å². The first-order chi connectivity index (χ1) is 14.4. The second kappa shape index (κ2) is 11.8. The lowest BCUT2D eigenvalue weighted by molar-refractivity contribution is -0.228. The third-order valence-corrected chi connectivity index (χ3v) is 3.99. The van der Waals surface area contributed by atoms with Crippen LogP contribution in [-0.4, -0.2) is 78.0 Å². The Morgan fingerprint density at radius 3 is 1.90 bits per heavy atom. The van der Waals surface area contributed by atoms with Gasteiger partial charge in [0.05, 0.1) is 6.42 Å². The molecule has 1 rings (SSSR count). The molecule has 174 valence electrons. The first-order valence-corrected chi connectivity index (χ1v) is 9.32. The Morgan fingerprint density at radius 1 is 0.839 bits per heavy atom. The van der Waals surface area contributed by atoms with E-state index in [9.17, 15) is 28.8 Å². The van der Waals surface area contributed by atoms with E-state index >= 15 is 0 Å². The predicted octanol–water partition coefficient (Wildman–Crippen LogP) is -1.38. The molecule has 0 aromatic rings. The van der Waals surface area contributed by atoms with E-state index in [0.717, 1.165) is 20.8 Å². The van der Waals surface area contributed by atoms with Gasteiger partial charge in [-0.25, -0.2) is 0 Å². The number of carboxylic acids is 1. The number of esters is 3. The van der Waals surface area contributed by atoms with Crippen molar-refractivity contribution in [1.29, 1.82) is 0 Å². The molecule has 1 aliphatic rings. The summed E-state index contributed by atoms with van der Waals surface area (Å²) in [5.74, 6) is -4.69. The van der Waals surface area contributed by atoms with Gasteiger partial charge in [-0.1, -0.05) is 0 Å². The number of ether oxygens (including phenoxy) is 4. The fourth-order valence-electron chi connectivity index (χ4n) is 2.91. The minimum Gasteiger partial charge on any atom is -0.481 e. The van der Waals surface area contributed by atoms with Crippen molar-refractivity contribution in [3.8, 4) is 0 Å². The summed E-state index contributed by atoms with van der Waals surface area (Å²) in [6.45, 7) is 4.07. The van der Waals surface area contributed by atoms with Gasteiger partial charge in [0.1, 0.15) is 18.8 Å². The van der Waals surface area contributed by atoms with Crippen molar-refractivity contribution in [1.82, 2.24) is 10.6 Å². The van der Waals surface area contributed by atoms with E-state index in [0.29, 0.717) is 0 Å². The van der Waals surface area contributed by atoms with Crippen LogP contribution in [0, 0.1) is 0 Å². The number of amides is 2. The maximum atomic E-state index is 12.2. The monoisotopic (exact) mass is 446 g/mol. The zero-order valence-electron chi connectivity index (χ0n) is 17.5. The Kier molecular flexibility index (Phi) is 9.86. The molecule has 13 nitrogen and oxygen atoms in total. The molecular weight excluding hydrogens is 420 g/mol. The molecule has 1 aliphatic heterocycles. The topological polar surface area (TPSA) is 184 Å². The molecule has 13 heteroatoms. The third-order valence-electron chi connectivity index (χ3n) is 3.99. The maximum Gasteiger partial charge on any atom is 0.303 e. The van der Waals surface area contributed by atoms with Gasteiger partial charge in [-0.15, -0.1) is 0 Å². The van der Waals surface area contributed by atoms with E-state index < -0.39 is 79.3 Å². The molecule has 5 atom stereocenters. The molecule has 1 heterocycles. The molecule has 1 saturated heterocycles. The number of carbonyl (C=O) groups excluding carboxylic acids is 5. The maximum absolute atomic E-state index is 12.2. The quantitative estimate of drug-likeness (QED) is 0.280. The minimum atomic E-state index is -1.32. The fraction of sp³-hybridized carbons (Fsp3) is 0.667. The van der Waals surface area contributed by atoms with Crippen LogP contribution in [-0.2, 0) is 47.7 Å². The van der Waals surface area contributed by atoms with Crippen LogP contribution in [0.15, 0.2) is 0 Å². The zero-order valence-corrected chi connectivity index (χ0v) is 17.5. The highest BCUT2D eigenvalue weighted by Gasteiger charge is 2.51. The van der Waals surface area contributed by atoms with Gasteiger partial charge in [0.15, 0.2) is 18.4 Å².